The minimum Gasteiger partial charge on any atom is -0.483 e. The fourth-order valence-corrected chi connectivity index (χ4v) is 2.92. The summed E-state index contributed by atoms with van der Waals surface area (Å²) in [5, 5.41) is 12.7. The molecule has 0 aliphatic rings. The highest BCUT2D eigenvalue weighted by Crippen LogP contribution is 2.31. The van der Waals surface area contributed by atoms with E-state index in [9.17, 15) is 4.79 Å². The number of nitrogens with zero attached hydrogens (tertiary/aromatic N) is 2. The highest BCUT2D eigenvalue weighted by atomic mass is 35.5. The Morgan fingerprint density at radius 3 is 2.56 bits per heavy atom. The Labute approximate surface area is 159 Å². The maximum Gasteiger partial charge on any atom is 0.262 e. The number of hydrogen-bond acceptors (Lipinski definition) is 5. The fourth-order valence-electron chi connectivity index (χ4n) is 2.70. The van der Waals surface area contributed by atoms with E-state index in [0.717, 1.165) is 16.3 Å². The predicted molar refractivity (Wildman–Crippen MR) is 103 cm³/mol. The van der Waals surface area contributed by atoms with Crippen LogP contribution >= 0.6 is 11.6 Å². The quantitative estimate of drug-likeness (QED) is 0.550. The van der Waals surface area contributed by atoms with Gasteiger partial charge in [-0.2, -0.15) is 0 Å². The third-order valence-corrected chi connectivity index (χ3v) is 4.29. The second-order valence-electron chi connectivity index (χ2n) is 5.75. The van der Waals surface area contributed by atoms with Crippen LogP contribution in [0.2, 0.25) is 5.02 Å². The zero-order chi connectivity index (χ0) is 18.6. The lowest BCUT2D eigenvalue weighted by Crippen LogP contribution is -2.20. The molecule has 0 aliphatic carbocycles. The molecule has 0 spiro atoms. The van der Waals surface area contributed by atoms with E-state index in [4.69, 9.17) is 20.8 Å². The first-order chi connectivity index (χ1) is 13.2. The molecule has 0 fully saturated rings. The highest BCUT2D eigenvalue weighted by molar-refractivity contribution is 6.35. The molecule has 27 heavy (non-hydrogen) atoms. The Morgan fingerprint density at radius 1 is 1.04 bits per heavy atom. The fraction of sp³-hybridized carbons (Fsp3) is 0.0500. The maximum absolute atomic E-state index is 12.2. The molecule has 0 atom stereocenters. The lowest BCUT2D eigenvalue weighted by atomic mass is 10.1. The minimum absolute atomic E-state index is 0.114. The van der Waals surface area contributed by atoms with E-state index in [0.29, 0.717) is 22.4 Å². The molecule has 1 amide bonds. The summed E-state index contributed by atoms with van der Waals surface area (Å²) >= 11 is 6.20. The van der Waals surface area contributed by atoms with Gasteiger partial charge in [0.05, 0.1) is 0 Å². The zero-order valence-electron chi connectivity index (χ0n) is 14.1. The van der Waals surface area contributed by atoms with Gasteiger partial charge in [-0.15, -0.1) is 10.2 Å². The number of amides is 1. The molecule has 1 heterocycles. The van der Waals surface area contributed by atoms with Crippen molar-refractivity contribution in [2.24, 2.45) is 0 Å². The Kier molecular flexibility index (Phi) is 4.72. The lowest BCUT2D eigenvalue weighted by Gasteiger charge is -2.11. The number of carbonyl (C=O) groups is 1. The van der Waals surface area contributed by atoms with Gasteiger partial charge in [-0.05, 0) is 36.4 Å². The lowest BCUT2D eigenvalue weighted by molar-refractivity contribution is -0.118. The molecule has 134 valence electrons. The van der Waals surface area contributed by atoms with Crippen molar-refractivity contribution in [3.63, 3.8) is 0 Å². The van der Waals surface area contributed by atoms with E-state index in [1.807, 2.05) is 24.3 Å². The van der Waals surface area contributed by atoms with Crippen LogP contribution in [0.1, 0.15) is 0 Å². The molecule has 6 nitrogen and oxygen atoms in total. The van der Waals surface area contributed by atoms with Crippen molar-refractivity contribution in [1.29, 1.82) is 0 Å². The molecule has 0 saturated heterocycles. The van der Waals surface area contributed by atoms with Gasteiger partial charge in [0.15, 0.2) is 6.61 Å². The van der Waals surface area contributed by atoms with E-state index < -0.39 is 0 Å². The van der Waals surface area contributed by atoms with Crippen LogP contribution in [0.3, 0.4) is 0 Å². The summed E-state index contributed by atoms with van der Waals surface area (Å²) in [6.45, 7) is -0.114. The van der Waals surface area contributed by atoms with Crippen LogP contribution in [0.25, 0.3) is 22.2 Å². The van der Waals surface area contributed by atoms with Gasteiger partial charge in [-0.25, -0.2) is 0 Å². The average molecular weight is 380 g/mol. The second kappa shape index (κ2) is 7.47. The predicted octanol–water partition coefficient (Wildman–Crippen LogP) is 4.56. The van der Waals surface area contributed by atoms with E-state index >= 15 is 0 Å². The molecule has 1 aromatic heterocycles. The van der Waals surface area contributed by atoms with E-state index in [2.05, 4.69) is 15.5 Å². The van der Waals surface area contributed by atoms with Crippen molar-refractivity contribution in [3.05, 3.63) is 72.1 Å². The van der Waals surface area contributed by atoms with Crippen molar-refractivity contribution >= 4 is 34.0 Å². The van der Waals surface area contributed by atoms with Crippen molar-refractivity contribution in [3.8, 4) is 17.2 Å². The van der Waals surface area contributed by atoms with Crippen LogP contribution in [-0.2, 0) is 4.79 Å². The largest absolute Gasteiger partial charge is 0.483 e. The SMILES string of the molecule is O=C(COc1ccc(Cl)c2ccccc12)Nc1ccc(-c2nnco2)cc1. The van der Waals surface area contributed by atoms with Gasteiger partial charge in [0, 0.05) is 27.0 Å². The number of anilines is 1. The van der Waals surface area contributed by atoms with Crippen LogP contribution in [0.5, 0.6) is 5.75 Å². The summed E-state index contributed by atoms with van der Waals surface area (Å²) in [5.74, 6) is 0.766. The number of benzene rings is 3. The highest BCUT2D eigenvalue weighted by Gasteiger charge is 2.09. The number of carbonyl (C=O) groups excluding carboxylic acids is 1. The second-order valence-corrected chi connectivity index (χ2v) is 6.16. The number of hydrogen-bond donors (Lipinski definition) is 1. The molecular formula is C20H14ClN3O3. The summed E-state index contributed by atoms with van der Waals surface area (Å²) in [7, 11) is 0. The normalized spacial score (nSPS) is 10.7. The first kappa shape index (κ1) is 17.1. The van der Waals surface area contributed by atoms with E-state index in [1.54, 1.807) is 36.4 Å². The third kappa shape index (κ3) is 3.75. The summed E-state index contributed by atoms with van der Waals surface area (Å²) < 4.78 is 10.8. The molecule has 3 aromatic carbocycles. The summed E-state index contributed by atoms with van der Waals surface area (Å²) in [6.07, 6.45) is 1.27. The Bertz CT molecular complexity index is 1080. The van der Waals surface area contributed by atoms with Crippen molar-refractivity contribution in [2.75, 3.05) is 11.9 Å². The van der Waals surface area contributed by atoms with Gasteiger partial charge in [-0.3, -0.25) is 4.79 Å². The van der Waals surface area contributed by atoms with Crippen LogP contribution in [0.15, 0.2) is 71.5 Å². The number of aromatic nitrogens is 2. The van der Waals surface area contributed by atoms with Gasteiger partial charge in [0.25, 0.3) is 5.91 Å². The molecule has 4 aromatic rings. The van der Waals surface area contributed by atoms with Gasteiger partial charge in [-0.1, -0.05) is 35.9 Å². The van der Waals surface area contributed by atoms with E-state index in [-0.39, 0.29) is 12.5 Å². The molecule has 0 unspecified atom stereocenters. The van der Waals surface area contributed by atoms with Crippen molar-refractivity contribution < 1.29 is 13.9 Å². The molecule has 0 bridgehead atoms. The van der Waals surface area contributed by atoms with Gasteiger partial charge >= 0.3 is 0 Å². The van der Waals surface area contributed by atoms with Gasteiger partial charge in [0.2, 0.25) is 12.3 Å². The molecular weight excluding hydrogens is 366 g/mol. The van der Waals surface area contributed by atoms with Crippen molar-refractivity contribution in [2.45, 2.75) is 0 Å². The Morgan fingerprint density at radius 2 is 1.81 bits per heavy atom. The van der Waals surface area contributed by atoms with E-state index in [1.165, 1.54) is 6.39 Å². The molecule has 0 radical (unpaired) electrons. The first-order valence-corrected chi connectivity index (χ1v) is 8.55. The van der Waals surface area contributed by atoms with Crippen LogP contribution < -0.4 is 10.1 Å². The molecule has 4 rings (SSSR count). The number of halogens is 1. The minimum atomic E-state index is -0.264. The van der Waals surface area contributed by atoms with Crippen molar-refractivity contribution in [1.82, 2.24) is 10.2 Å². The topological polar surface area (TPSA) is 77.2 Å². The molecule has 0 aliphatic heterocycles. The first-order valence-electron chi connectivity index (χ1n) is 8.17. The molecule has 7 heteroatoms. The molecule has 0 saturated carbocycles. The Balaban J connectivity index is 1.41. The number of ether oxygens (including phenoxy) is 1. The standard InChI is InChI=1S/C20H14ClN3O3/c21-17-9-10-18(16-4-2-1-3-15(16)17)26-11-19(25)23-14-7-5-13(6-8-14)20-24-22-12-27-20/h1-10,12H,11H2,(H,23,25). The number of nitrogens with one attached hydrogen (secondary N) is 1. The monoisotopic (exact) mass is 379 g/mol. The van der Waals surface area contributed by atoms with Crippen LogP contribution in [-0.4, -0.2) is 22.7 Å². The van der Waals surface area contributed by atoms with Crippen LogP contribution in [0, 0.1) is 0 Å². The third-order valence-electron chi connectivity index (χ3n) is 3.97. The summed E-state index contributed by atoms with van der Waals surface area (Å²) in [4.78, 5) is 12.2. The Hall–Kier alpha value is -3.38. The van der Waals surface area contributed by atoms with Crippen LogP contribution in [0.4, 0.5) is 5.69 Å². The molecule has 1 N–H and O–H groups in total. The number of fused-ring (bicyclic) bond motifs is 1. The average Bonchev–Trinajstić information content (AvgIpc) is 3.23. The smallest absolute Gasteiger partial charge is 0.262 e. The van der Waals surface area contributed by atoms with Gasteiger partial charge < -0.3 is 14.5 Å². The van der Waals surface area contributed by atoms with Gasteiger partial charge in [0.1, 0.15) is 5.75 Å². The summed E-state index contributed by atoms with van der Waals surface area (Å²) in [6, 6.07) is 18.2. The number of rotatable bonds is 5. The summed E-state index contributed by atoms with van der Waals surface area (Å²) in [5.41, 5.74) is 1.42. The maximum atomic E-state index is 12.2. The zero-order valence-corrected chi connectivity index (χ0v) is 14.8.